The molecule has 37 heavy (non-hydrogen) atoms. The van der Waals surface area contributed by atoms with Crippen molar-refractivity contribution in [1.82, 2.24) is 20.1 Å². The first-order valence-electron chi connectivity index (χ1n) is 13.1. The van der Waals surface area contributed by atoms with Crippen molar-refractivity contribution in [2.45, 2.75) is 50.2 Å². The third-order valence-corrected chi connectivity index (χ3v) is 8.49. The fourth-order valence-electron chi connectivity index (χ4n) is 6.35. The lowest BCUT2D eigenvalue weighted by Gasteiger charge is -2.38. The number of carbonyl (C=O) groups is 3. The Bertz CT molecular complexity index is 1370. The Labute approximate surface area is 216 Å². The van der Waals surface area contributed by atoms with Gasteiger partial charge in [0.1, 0.15) is 18.1 Å². The van der Waals surface area contributed by atoms with Crippen LogP contribution in [0.15, 0.2) is 42.6 Å². The molecule has 6 rings (SSSR count). The maximum atomic E-state index is 13.3. The van der Waals surface area contributed by atoms with Gasteiger partial charge in [-0.2, -0.15) is 0 Å². The fourth-order valence-corrected chi connectivity index (χ4v) is 6.35. The van der Waals surface area contributed by atoms with E-state index in [1.807, 2.05) is 12.3 Å². The van der Waals surface area contributed by atoms with Gasteiger partial charge < -0.3 is 24.7 Å². The van der Waals surface area contributed by atoms with Crippen LogP contribution in [0, 0.1) is 0 Å². The lowest BCUT2D eigenvalue weighted by Crippen LogP contribution is -2.46. The Kier molecular flexibility index (Phi) is 5.99. The van der Waals surface area contributed by atoms with E-state index in [4.69, 9.17) is 4.74 Å². The molecule has 0 aliphatic carbocycles. The van der Waals surface area contributed by atoms with Crippen LogP contribution in [0.4, 0.5) is 0 Å². The van der Waals surface area contributed by atoms with Crippen molar-refractivity contribution in [2.24, 2.45) is 0 Å². The summed E-state index contributed by atoms with van der Waals surface area (Å²) in [6, 6.07) is 11.9. The number of piperidine rings is 1. The minimum absolute atomic E-state index is 0.0465. The quantitative estimate of drug-likeness (QED) is 0.486. The van der Waals surface area contributed by atoms with E-state index in [1.165, 1.54) is 22.0 Å². The number of ether oxygens (including phenoxy) is 1. The van der Waals surface area contributed by atoms with Crippen molar-refractivity contribution < 1.29 is 19.1 Å². The number of rotatable bonds is 7. The molecule has 3 aromatic rings. The molecule has 8 nitrogen and oxygen atoms in total. The molecule has 192 valence electrons. The van der Waals surface area contributed by atoms with Gasteiger partial charge in [-0.3, -0.25) is 14.5 Å². The van der Waals surface area contributed by atoms with Gasteiger partial charge in [0.25, 0.3) is 5.91 Å². The highest BCUT2D eigenvalue weighted by atomic mass is 16.5. The highest BCUT2D eigenvalue weighted by Crippen LogP contribution is 2.48. The van der Waals surface area contributed by atoms with Gasteiger partial charge in [0.2, 0.25) is 5.91 Å². The smallest absolute Gasteiger partial charge is 0.255 e. The normalized spacial score (nSPS) is 19.1. The predicted octanol–water partition coefficient (Wildman–Crippen LogP) is 3.14. The summed E-state index contributed by atoms with van der Waals surface area (Å²) >= 11 is 0. The van der Waals surface area contributed by atoms with E-state index >= 15 is 0 Å². The largest absolute Gasteiger partial charge is 0.492 e. The molecule has 1 fully saturated rings. The number of fused-ring (bicyclic) bond motifs is 4. The molecule has 1 unspecified atom stereocenters. The number of nitrogens with one attached hydrogen (secondary N) is 2. The minimum atomic E-state index is -0.660. The number of likely N-dealkylation sites (tertiary alicyclic amines) is 1. The van der Waals surface area contributed by atoms with Crippen molar-refractivity contribution in [1.29, 1.82) is 0 Å². The Morgan fingerprint density at radius 3 is 2.86 bits per heavy atom. The van der Waals surface area contributed by atoms with E-state index in [1.54, 1.807) is 11.9 Å². The second kappa shape index (κ2) is 9.34. The van der Waals surface area contributed by atoms with Gasteiger partial charge in [-0.15, -0.1) is 0 Å². The van der Waals surface area contributed by atoms with E-state index in [9.17, 15) is 14.4 Å². The highest BCUT2D eigenvalue weighted by molar-refractivity contribution is 6.01. The Morgan fingerprint density at radius 2 is 2.08 bits per heavy atom. The maximum Gasteiger partial charge on any atom is 0.255 e. The lowest BCUT2D eigenvalue weighted by molar-refractivity contribution is -0.125. The number of aldehydes is 1. The predicted molar refractivity (Wildman–Crippen MR) is 139 cm³/mol. The molecule has 0 radical (unpaired) electrons. The number of H-pyrrole nitrogens is 1. The molecule has 4 heterocycles. The summed E-state index contributed by atoms with van der Waals surface area (Å²) in [5, 5.41) is 3.92. The molecule has 0 bridgehead atoms. The summed E-state index contributed by atoms with van der Waals surface area (Å²) in [4.78, 5) is 44.2. The Balaban J connectivity index is 1.19. The Morgan fingerprint density at radius 1 is 1.24 bits per heavy atom. The summed E-state index contributed by atoms with van der Waals surface area (Å²) in [7, 11) is 1.56. The van der Waals surface area contributed by atoms with Gasteiger partial charge in [0.15, 0.2) is 0 Å². The molecular formula is C29H32N4O4. The van der Waals surface area contributed by atoms with Crippen molar-refractivity contribution in [3.05, 3.63) is 64.8 Å². The van der Waals surface area contributed by atoms with Crippen molar-refractivity contribution in [2.75, 3.05) is 26.7 Å². The average molecular weight is 501 g/mol. The van der Waals surface area contributed by atoms with Gasteiger partial charge in [-0.1, -0.05) is 12.1 Å². The third kappa shape index (κ3) is 4.00. The van der Waals surface area contributed by atoms with Crippen LogP contribution in [-0.2, 0) is 28.1 Å². The standard InChI is InChI=1S/C29H32N4O4/c1-30-27(35)25(6-3-13-34)33-17-20-14-23-26(15-22(20)28(33)36)37-18-29(23)8-11-32(12-9-29)16-19-4-2-5-24-21(19)7-10-31-24/h2,4-5,7,10,13-15,25,31H,3,6,8-9,11-12,16-18H2,1H3,(H,30,35). The molecule has 0 saturated carbocycles. The number of aromatic amines is 1. The first kappa shape index (κ1) is 23.7. The molecule has 3 aliphatic heterocycles. The second-order valence-corrected chi connectivity index (χ2v) is 10.5. The first-order chi connectivity index (χ1) is 18.0. The van der Waals surface area contributed by atoms with E-state index in [-0.39, 0.29) is 23.7 Å². The number of hydrogen-bond acceptors (Lipinski definition) is 5. The topological polar surface area (TPSA) is 94.7 Å². The average Bonchev–Trinajstić information content (AvgIpc) is 3.62. The van der Waals surface area contributed by atoms with Crippen LogP contribution in [-0.4, -0.2) is 65.7 Å². The van der Waals surface area contributed by atoms with Crippen LogP contribution in [0.2, 0.25) is 0 Å². The van der Waals surface area contributed by atoms with Crippen LogP contribution in [0.25, 0.3) is 10.9 Å². The van der Waals surface area contributed by atoms with Gasteiger partial charge in [0.05, 0.1) is 6.61 Å². The fraction of sp³-hybridized carbons (Fsp3) is 0.414. The van der Waals surface area contributed by atoms with Crippen molar-refractivity contribution in [3.8, 4) is 5.75 Å². The number of benzene rings is 2. The summed E-state index contributed by atoms with van der Waals surface area (Å²) in [6.07, 6.45) is 5.33. The monoisotopic (exact) mass is 500 g/mol. The SMILES string of the molecule is CNC(=O)C(CCC=O)N1Cc2cc3c(cc2C1=O)OCC31CCN(Cc2cccc3[nH]ccc23)CC1. The van der Waals surface area contributed by atoms with Crippen molar-refractivity contribution >= 4 is 29.0 Å². The highest BCUT2D eigenvalue weighted by Gasteiger charge is 2.45. The van der Waals surface area contributed by atoms with Gasteiger partial charge in [-0.05, 0) is 67.7 Å². The van der Waals surface area contributed by atoms with E-state index in [0.717, 1.165) is 50.1 Å². The molecule has 2 N–H and O–H groups in total. The van der Waals surface area contributed by atoms with E-state index in [2.05, 4.69) is 45.5 Å². The molecule has 2 aromatic carbocycles. The van der Waals surface area contributed by atoms with Crippen LogP contribution < -0.4 is 10.1 Å². The molecular weight excluding hydrogens is 468 g/mol. The molecule has 8 heteroatoms. The summed E-state index contributed by atoms with van der Waals surface area (Å²) < 4.78 is 6.18. The van der Waals surface area contributed by atoms with E-state index in [0.29, 0.717) is 25.1 Å². The molecule has 1 saturated heterocycles. The van der Waals surface area contributed by atoms with Crippen LogP contribution in [0.1, 0.15) is 52.7 Å². The van der Waals surface area contributed by atoms with Crippen LogP contribution in [0.5, 0.6) is 5.75 Å². The number of nitrogens with zero attached hydrogens (tertiary/aromatic N) is 2. The zero-order valence-electron chi connectivity index (χ0n) is 21.1. The molecule has 2 amide bonds. The molecule has 1 aromatic heterocycles. The summed E-state index contributed by atoms with van der Waals surface area (Å²) in [5.41, 5.74) is 5.20. The number of hydrogen-bond donors (Lipinski definition) is 2. The van der Waals surface area contributed by atoms with Gasteiger partial charge in [0, 0.05) is 60.2 Å². The number of aromatic nitrogens is 1. The summed E-state index contributed by atoms with van der Waals surface area (Å²) in [6.45, 7) is 3.91. The number of carbonyl (C=O) groups excluding carboxylic acids is 3. The molecule has 1 atom stereocenters. The zero-order valence-corrected chi connectivity index (χ0v) is 21.1. The van der Waals surface area contributed by atoms with Gasteiger partial charge in [-0.25, -0.2) is 0 Å². The molecule has 1 spiro atoms. The first-order valence-corrected chi connectivity index (χ1v) is 13.1. The minimum Gasteiger partial charge on any atom is -0.492 e. The zero-order chi connectivity index (χ0) is 25.6. The number of likely N-dealkylation sites (N-methyl/N-ethyl adjacent to an activating group) is 1. The maximum absolute atomic E-state index is 13.3. The van der Waals surface area contributed by atoms with E-state index < -0.39 is 6.04 Å². The lowest BCUT2D eigenvalue weighted by atomic mass is 9.73. The second-order valence-electron chi connectivity index (χ2n) is 10.5. The van der Waals surface area contributed by atoms with Crippen LogP contribution >= 0.6 is 0 Å². The van der Waals surface area contributed by atoms with Crippen molar-refractivity contribution in [3.63, 3.8) is 0 Å². The Hall–Kier alpha value is -3.65. The summed E-state index contributed by atoms with van der Waals surface area (Å²) in [5.74, 6) is 0.380. The molecule has 3 aliphatic rings. The van der Waals surface area contributed by atoms with Gasteiger partial charge >= 0.3 is 0 Å². The third-order valence-electron chi connectivity index (χ3n) is 8.49. The number of amides is 2. The van der Waals surface area contributed by atoms with Crippen LogP contribution in [0.3, 0.4) is 0 Å².